The zero-order valence-electron chi connectivity index (χ0n) is 78.0. The number of nitrogens with one attached hydrogen (secondary N) is 2. The number of esters is 4. The van der Waals surface area contributed by atoms with Crippen LogP contribution in [0.2, 0.25) is 20.6 Å². The molecular weight excluding hydrogens is 1770 g/mol. The number of carboxylic acid groups (broad SMARTS) is 1. The van der Waals surface area contributed by atoms with Gasteiger partial charge in [-0.15, -0.1) is 6.58 Å². The summed E-state index contributed by atoms with van der Waals surface area (Å²) >= 11 is 25.3. The summed E-state index contributed by atoms with van der Waals surface area (Å²) < 4.78 is 72.9. The molecule has 1 saturated carbocycles. The molecule has 5 fully saturated rings. The van der Waals surface area contributed by atoms with E-state index >= 15 is 0 Å². The number of hydrogen-bond donors (Lipinski definition) is 3. The largest absolute Gasteiger partial charge is 0.497 e. The van der Waals surface area contributed by atoms with Crippen molar-refractivity contribution in [3.63, 3.8) is 0 Å². The van der Waals surface area contributed by atoms with Crippen molar-refractivity contribution in [3.8, 4) is 46.5 Å². The number of hydrogen-bond acceptors (Lipinski definition) is 30. The molecule has 0 spiro atoms. The lowest BCUT2D eigenvalue weighted by Gasteiger charge is -2.36. The SMILES string of the molecule is C=CCCC[C@@H]1CCC[C@@]1(C)OC(=O)C[C@H](C(=O)N1C[C@H](Oc2nc3cc(OC)ccc3nc2Cl)[C@@H](CC)[C@H]1C(=O)OC)C(C)(C)C.CC[C@@H]1[C@@H](Oc2nc3cc(OC)ccc3nc2Cl)CN(C(=O)OC(C)(C)C)[C@@H]1C(=O)OC(C)(C)C.CC[C@@H]1[C@@H](Oc2nc3cc(OC)ccc3nc2Cl)CN[C@@H]1C(=O)O.CC[C@@H]1[C@@H](Oc2nc3cc(OC)ccc3nc2Cl)CN[C@@H]1C(=O)OC. The number of halogens is 4. The van der Waals surface area contributed by atoms with Crippen LogP contribution in [0.5, 0.6) is 46.5 Å². The second-order valence-corrected chi connectivity index (χ2v) is 37.5. The number of amides is 2. The van der Waals surface area contributed by atoms with Crippen LogP contribution in [0.15, 0.2) is 85.5 Å². The van der Waals surface area contributed by atoms with Crippen LogP contribution >= 0.6 is 46.4 Å². The van der Waals surface area contributed by atoms with Gasteiger partial charge in [0.05, 0.1) is 112 Å². The molecule has 3 N–H and O–H groups in total. The Kier molecular flexibility index (Phi) is 35.1. The van der Waals surface area contributed by atoms with Gasteiger partial charge in [-0.3, -0.25) is 24.1 Å². The molecule has 0 bridgehead atoms. The minimum atomic E-state index is -0.919. The summed E-state index contributed by atoms with van der Waals surface area (Å²) in [6, 6.07) is 18.3. The van der Waals surface area contributed by atoms with Crippen LogP contribution in [-0.2, 0) is 52.5 Å². The van der Waals surface area contributed by atoms with Crippen molar-refractivity contribution >= 4 is 132 Å². The van der Waals surface area contributed by atoms with Crippen molar-refractivity contribution in [1.29, 1.82) is 0 Å². The third-order valence-electron chi connectivity index (χ3n) is 24.1. The lowest BCUT2D eigenvalue weighted by Crippen LogP contribution is -2.49. The Morgan fingerprint density at radius 2 is 0.878 bits per heavy atom. The predicted molar refractivity (Wildman–Crippen MR) is 494 cm³/mol. The van der Waals surface area contributed by atoms with E-state index in [1.807, 2.05) is 61.5 Å². The first kappa shape index (κ1) is 103. The second-order valence-electron chi connectivity index (χ2n) is 36.0. The van der Waals surface area contributed by atoms with Crippen molar-refractivity contribution < 1.29 is 100 Å². The average Bonchev–Trinajstić information content (AvgIpc) is 1.62. The summed E-state index contributed by atoms with van der Waals surface area (Å²) in [6.07, 6.45) is 7.57. The van der Waals surface area contributed by atoms with E-state index in [1.165, 1.54) is 24.0 Å². The molecule has 33 nitrogen and oxygen atoms in total. The molecule has 1 aliphatic carbocycles. The number of fused-ring (bicyclic) bond motifs is 4. The van der Waals surface area contributed by atoms with E-state index in [9.17, 15) is 38.7 Å². The third kappa shape index (κ3) is 25.5. The molecule has 4 saturated heterocycles. The molecule has 8 aromatic rings. The Morgan fingerprint density at radius 3 is 1.24 bits per heavy atom. The Hall–Kier alpha value is -10.5. The van der Waals surface area contributed by atoms with Gasteiger partial charge in [0, 0.05) is 61.0 Å². The smallest absolute Gasteiger partial charge is 0.411 e. The van der Waals surface area contributed by atoms with Gasteiger partial charge >= 0.3 is 35.9 Å². The van der Waals surface area contributed by atoms with E-state index in [0.29, 0.717) is 99.5 Å². The lowest BCUT2D eigenvalue weighted by molar-refractivity contribution is -0.167. The molecule has 4 aromatic heterocycles. The molecule has 131 heavy (non-hydrogen) atoms. The first-order valence-electron chi connectivity index (χ1n) is 44.0. The summed E-state index contributed by atoms with van der Waals surface area (Å²) in [5, 5.41) is 15.9. The number of carbonyl (C=O) groups excluding carboxylic acids is 6. The van der Waals surface area contributed by atoms with Gasteiger partial charge in [-0.1, -0.05) is 101 Å². The topological polar surface area (TPSA) is 393 Å². The summed E-state index contributed by atoms with van der Waals surface area (Å²) in [5.74, 6) is -1.23. The molecule has 8 heterocycles. The van der Waals surface area contributed by atoms with Gasteiger partial charge in [-0.2, -0.15) is 0 Å². The number of rotatable bonds is 28. The number of aromatic nitrogens is 8. The van der Waals surface area contributed by atoms with Crippen molar-refractivity contribution in [3.05, 3.63) is 106 Å². The van der Waals surface area contributed by atoms with E-state index in [1.54, 1.807) is 143 Å². The number of methoxy groups -OCH3 is 6. The van der Waals surface area contributed by atoms with Gasteiger partial charge < -0.3 is 82.2 Å². The summed E-state index contributed by atoms with van der Waals surface area (Å²) in [6.45, 7) is 31.2. The summed E-state index contributed by atoms with van der Waals surface area (Å²) in [4.78, 5) is 129. The number of carboxylic acids is 1. The molecule has 15 atom stereocenters. The fourth-order valence-corrected chi connectivity index (χ4v) is 18.0. The Morgan fingerprint density at radius 1 is 0.504 bits per heavy atom. The molecule has 0 unspecified atom stereocenters. The van der Waals surface area contributed by atoms with Gasteiger partial charge in [0.25, 0.3) is 23.5 Å². The molecule has 4 aliphatic heterocycles. The van der Waals surface area contributed by atoms with Crippen LogP contribution in [-0.4, -0.2) is 231 Å². The summed E-state index contributed by atoms with van der Waals surface area (Å²) in [7, 11) is 8.97. The zero-order valence-corrected chi connectivity index (χ0v) is 81.0. The monoisotopic (exact) mass is 1890 g/mol. The molecular formula is C94H122Cl4N12O21. The molecule has 0 radical (unpaired) electrons. The van der Waals surface area contributed by atoms with E-state index in [0.717, 1.165) is 44.9 Å². The summed E-state index contributed by atoms with van der Waals surface area (Å²) in [5.41, 5.74) is 2.11. The van der Waals surface area contributed by atoms with E-state index in [4.69, 9.17) is 108 Å². The highest BCUT2D eigenvalue weighted by Gasteiger charge is 2.55. The third-order valence-corrected chi connectivity index (χ3v) is 25.0. The fraction of sp³-hybridized carbons (Fsp3) is 0.564. The van der Waals surface area contributed by atoms with Gasteiger partial charge in [0.15, 0.2) is 20.6 Å². The van der Waals surface area contributed by atoms with Crippen LogP contribution < -0.4 is 48.5 Å². The maximum absolute atomic E-state index is 14.5. The minimum absolute atomic E-state index is 0.0358. The van der Waals surface area contributed by atoms with E-state index < -0.39 is 100 Å². The van der Waals surface area contributed by atoms with Crippen LogP contribution in [0.1, 0.15) is 168 Å². The van der Waals surface area contributed by atoms with Crippen LogP contribution in [0, 0.1) is 40.9 Å². The Bertz CT molecular complexity index is 5390. The zero-order chi connectivity index (χ0) is 95.9. The minimum Gasteiger partial charge on any atom is -0.497 e. The van der Waals surface area contributed by atoms with E-state index in [-0.39, 0.29) is 111 Å². The highest BCUT2D eigenvalue weighted by molar-refractivity contribution is 6.32. The molecule has 37 heteroatoms. The molecule has 2 amide bonds. The molecule has 4 aromatic carbocycles. The van der Waals surface area contributed by atoms with Gasteiger partial charge in [0.1, 0.15) is 88.4 Å². The van der Waals surface area contributed by atoms with E-state index in [2.05, 4.69) is 57.1 Å². The maximum atomic E-state index is 14.5. The van der Waals surface area contributed by atoms with Gasteiger partial charge in [0.2, 0.25) is 5.91 Å². The van der Waals surface area contributed by atoms with Crippen LogP contribution in [0.25, 0.3) is 44.1 Å². The van der Waals surface area contributed by atoms with Crippen molar-refractivity contribution in [2.45, 2.75) is 233 Å². The molecule has 5 aliphatic rings. The number of likely N-dealkylation sites (tertiary alicyclic amines) is 2. The van der Waals surface area contributed by atoms with Gasteiger partial charge in [-0.05, 0) is 173 Å². The normalized spacial score (nSPS) is 23.1. The Balaban J connectivity index is 0.000000188. The Labute approximate surface area is 783 Å². The second kappa shape index (κ2) is 44.9. The fourth-order valence-electron chi connectivity index (χ4n) is 17.3. The number of unbranched alkanes of at least 4 members (excludes halogenated alkanes) is 1. The van der Waals surface area contributed by atoms with Crippen molar-refractivity contribution in [2.75, 3.05) is 68.8 Å². The lowest BCUT2D eigenvalue weighted by atomic mass is 9.77. The maximum Gasteiger partial charge on any atom is 0.411 e. The standard InChI is InChI=1S/C36H50ClN3O7.C25H34ClN3O6.C17H20ClN3O4.C16H18ClN3O4/c1-9-11-12-14-22-15-13-18-36(22,6)47-29(41)20-25(35(3,4)5)33(42)40-21-28(24(10-2)30(40)34(43)45-8)46-32-31(37)38-26-17-16-23(44-7)19-27(26)39-32;1-9-15-18(33-21-20(26)27-16-11-10-14(32-8)12-17(16)28-21)13-29(23(31)35-25(5,6)7)19(15)22(30)34-24(2,3)4;1-4-10-13(8-19-14(10)17(22)24-3)25-16-15(18)20-11-6-5-9(23-2)7-12(11)21-16;1-3-9-12(7-18-13(9)16(21)22)24-15-14(17)19-10-5-4-8(23-2)6-11(10)20-15/h9,16-17,19,22,24-25,28,30H,1,10-15,18,20-21H2,2-8H3;10-12,15,18-19H,9,13H2,1-8H3;5-7,10,13-14,19H,4,8H2,1-3H3;4-6,9,12-13,18H,3,7H2,1-2H3,(H,21,22)/t22-,24-,25-,28+,30+,36-;15-,18+,19+;10-,13+,14+;9-,12+,13+/m1111/s1. The van der Waals surface area contributed by atoms with Crippen molar-refractivity contribution in [2.24, 2.45) is 40.9 Å². The molecule has 13 rings (SSSR count). The number of ether oxygens (including phenoxy) is 13. The highest BCUT2D eigenvalue weighted by atomic mass is 35.5. The number of aliphatic carboxylic acids is 1. The average molecular weight is 1900 g/mol. The van der Waals surface area contributed by atoms with Crippen LogP contribution in [0.3, 0.4) is 0 Å². The quantitative estimate of drug-likeness (QED) is 0.0177. The first-order chi connectivity index (χ1) is 62.1. The number of allylic oxidation sites excluding steroid dienone is 1. The number of carbonyl (C=O) groups is 7. The number of benzene rings is 4. The highest BCUT2D eigenvalue weighted by Crippen LogP contribution is 2.45. The van der Waals surface area contributed by atoms with Crippen molar-refractivity contribution in [1.82, 2.24) is 60.3 Å². The molecule has 712 valence electrons. The predicted octanol–water partition coefficient (Wildman–Crippen LogP) is 16.3. The first-order valence-corrected chi connectivity index (χ1v) is 45.5. The van der Waals surface area contributed by atoms with Crippen LogP contribution in [0.4, 0.5) is 4.79 Å². The number of nitrogens with zero attached hydrogens (tertiary/aromatic N) is 10. The van der Waals surface area contributed by atoms with Gasteiger partial charge in [-0.25, -0.2) is 54.3 Å².